The van der Waals surface area contributed by atoms with Gasteiger partial charge in [-0.3, -0.25) is 0 Å². The summed E-state index contributed by atoms with van der Waals surface area (Å²) in [6, 6.07) is 2.03. The number of unbranched alkanes of at least 4 members (excludes halogenated alkanes) is 3. The van der Waals surface area contributed by atoms with E-state index in [0.29, 0.717) is 6.42 Å². The van der Waals surface area contributed by atoms with Gasteiger partial charge in [0.25, 0.3) is 0 Å². The summed E-state index contributed by atoms with van der Waals surface area (Å²) in [7, 11) is 0. The molecule has 0 aromatic rings. The molecule has 0 aliphatic heterocycles. The fourth-order valence-electron chi connectivity index (χ4n) is 1.24. The van der Waals surface area contributed by atoms with Crippen LogP contribution in [0.5, 0.6) is 0 Å². The van der Waals surface area contributed by atoms with E-state index in [9.17, 15) is 13.2 Å². The van der Waals surface area contributed by atoms with Crippen LogP contribution in [0.15, 0.2) is 0 Å². The van der Waals surface area contributed by atoms with E-state index >= 15 is 0 Å². The SMILES string of the molecule is C#CCCCCCC(C#N)SCCC(F)(F)F.O=O. The van der Waals surface area contributed by atoms with E-state index < -0.39 is 12.6 Å². The first-order chi connectivity index (χ1) is 8.99. The molecule has 19 heavy (non-hydrogen) atoms. The molecule has 0 aromatic carbocycles. The maximum Gasteiger partial charge on any atom is 0.389 e. The molecule has 0 rings (SSSR count). The van der Waals surface area contributed by atoms with Crippen molar-refractivity contribution in [3.8, 4) is 18.4 Å². The third kappa shape index (κ3) is 16.8. The number of terminal acetylenes is 1. The fourth-order valence-corrected chi connectivity index (χ4v) is 2.28. The number of hydrogen-bond donors (Lipinski definition) is 0. The molecular weight excluding hydrogens is 279 g/mol. The highest BCUT2D eigenvalue weighted by Crippen LogP contribution is 2.25. The average molecular weight is 295 g/mol. The van der Waals surface area contributed by atoms with Crippen molar-refractivity contribution >= 4 is 11.8 Å². The van der Waals surface area contributed by atoms with Crippen molar-refractivity contribution in [1.82, 2.24) is 0 Å². The van der Waals surface area contributed by atoms with Gasteiger partial charge in [-0.2, -0.15) is 18.4 Å². The molecule has 3 nitrogen and oxygen atoms in total. The number of halogens is 3. The van der Waals surface area contributed by atoms with Crippen LogP contribution in [0, 0.1) is 33.6 Å². The van der Waals surface area contributed by atoms with Gasteiger partial charge in [-0.1, -0.05) is 12.8 Å². The van der Waals surface area contributed by atoms with Crippen LogP contribution in [0.3, 0.4) is 0 Å². The van der Waals surface area contributed by atoms with Gasteiger partial charge in [0.1, 0.15) is 0 Å². The zero-order chi connectivity index (χ0) is 15.1. The van der Waals surface area contributed by atoms with Gasteiger partial charge in [0, 0.05) is 22.1 Å². The lowest BCUT2D eigenvalue weighted by molar-refractivity contribution is -0.129. The van der Waals surface area contributed by atoms with Crippen LogP contribution in [0.2, 0.25) is 0 Å². The normalized spacial score (nSPS) is 11.6. The van der Waals surface area contributed by atoms with Gasteiger partial charge >= 0.3 is 6.18 Å². The third-order valence-corrected chi connectivity index (χ3v) is 3.32. The summed E-state index contributed by atoms with van der Waals surface area (Å²) in [5.41, 5.74) is 0. The zero-order valence-electron chi connectivity index (χ0n) is 10.4. The van der Waals surface area contributed by atoms with Crippen molar-refractivity contribution < 1.29 is 13.2 Å². The van der Waals surface area contributed by atoms with Crippen LogP contribution in [0.4, 0.5) is 13.2 Å². The molecule has 0 radical (unpaired) electrons. The third-order valence-electron chi connectivity index (χ3n) is 2.14. The quantitative estimate of drug-likeness (QED) is 0.497. The Morgan fingerprint density at radius 1 is 1.21 bits per heavy atom. The molecule has 108 valence electrons. The molecule has 7 heteroatoms. The smallest absolute Gasteiger partial charge is 0.197 e. The molecule has 1 unspecified atom stereocenters. The summed E-state index contributed by atoms with van der Waals surface area (Å²) in [6.07, 6.45) is 4.20. The van der Waals surface area contributed by atoms with Gasteiger partial charge in [-0.15, -0.1) is 24.1 Å². The molecule has 0 aliphatic carbocycles. The Bertz CT molecular complexity index is 297. The van der Waals surface area contributed by atoms with Gasteiger partial charge in [-0.05, 0) is 12.8 Å². The molecule has 0 saturated carbocycles. The Hall–Kier alpha value is -1.21. The van der Waals surface area contributed by atoms with E-state index in [1.165, 1.54) is 0 Å². The Balaban J connectivity index is 0. The first-order valence-corrected chi connectivity index (χ1v) is 6.72. The lowest BCUT2D eigenvalue weighted by Gasteiger charge is -2.09. The maximum absolute atomic E-state index is 11.9. The summed E-state index contributed by atoms with van der Waals surface area (Å²) in [5.74, 6) is 2.49. The molecule has 0 bridgehead atoms. The van der Waals surface area contributed by atoms with E-state index in [4.69, 9.17) is 21.6 Å². The molecule has 0 fully saturated rings. The summed E-state index contributed by atoms with van der Waals surface area (Å²) in [6.45, 7) is 0. The number of rotatable bonds is 8. The average Bonchev–Trinajstić information content (AvgIpc) is 2.37. The molecular formula is C12H16F3NO2S. The molecule has 0 amide bonds. The van der Waals surface area contributed by atoms with Crippen molar-refractivity contribution in [3.63, 3.8) is 0 Å². The second-order valence-corrected chi connectivity index (χ2v) is 4.97. The molecule has 0 N–H and O–H groups in total. The Labute approximate surface area is 115 Å². The number of thioether (sulfide) groups is 1. The van der Waals surface area contributed by atoms with Gasteiger partial charge in [-0.25, -0.2) is 0 Å². The molecule has 0 aromatic heterocycles. The second kappa shape index (κ2) is 13.2. The predicted octanol–water partition coefficient (Wildman–Crippen LogP) is 4.21. The molecule has 0 heterocycles. The minimum absolute atomic E-state index is 0.0356. The highest BCUT2D eigenvalue weighted by Gasteiger charge is 2.26. The van der Waals surface area contributed by atoms with Crippen molar-refractivity contribution in [2.45, 2.75) is 50.0 Å². The number of nitrogens with zero attached hydrogens (tertiary/aromatic N) is 1. The lowest BCUT2D eigenvalue weighted by atomic mass is 10.1. The van der Waals surface area contributed by atoms with Crippen LogP contribution < -0.4 is 0 Å². The standard InChI is InChI=1S/C12H16F3NS.O2/c1-2-3-4-5-6-7-11(10-16)17-9-8-12(13,14)15;1-2/h1,11H,3-9H2;. The fraction of sp³-hybridized carbons (Fsp3) is 0.750. The lowest BCUT2D eigenvalue weighted by Crippen LogP contribution is -2.10. The van der Waals surface area contributed by atoms with Gasteiger partial charge in [0.05, 0.1) is 17.7 Å². The predicted molar refractivity (Wildman–Crippen MR) is 71.2 cm³/mol. The van der Waals surface area contributed by atoms with Crippen LogP contribution in [-0.4, -0.2) is 17.2 Å². The van der Waals surface area contributed by atoms with Crippen LogP contribution >= 0.6 is 11.8 Å². The monoisotopic (exact) mass is 295 g/mol. The summed E-state index contributed by atoms with van der Waals surface area (Å²) >= 11 is 1.09. The molecule has 0 aliphatic rings. The zero-order valence-corrected chi connectivity index (χ0v) is 11.2. The van der Waals surface area contributed by atoms with Crippen molar-refractivity contribution in [2.24, 2.45) is 0 Å². The summed E-state index contributed by atoms with van der Waals surface area (Å²) in [5, 5.41) is 8.44. The van der Waals surface area contributed by atoms with E-state index in [1.807, 2.05) is 6.07 Å². The van der Waals surface area contributed by atoms with Crippen LogP contribution in [-0.2, 0) is 0 Å². The first-order valence-electron chi connectivity index (χ1n) is 5.67. The van der Waals surface area contributed by atoms with E-state index in [0.717, 1.165) is 37.4 Å². The van der Waals surface area contributed by atoms with E-state index in [2.05, 4.69) is 5.92 Å². The summed E-state index contributed by atoms with van der Waals surface area (Å²) < 4.78 is 35.7. The van der Waals surface area contributed by atoms with Gasteiger partial charge < -0.3 is 0 Å². The minimum atomic E-state index is -4.13. The number of hydrogen-bond acceptors (Lipinski definition) is 4. The molecule has 0 spiro atoms. The highest BCUT2D eigenvalue weighted by molar-refractivity contribution is 8.00. The topological polar surface area (TPSA) is 57.9 Å². The first kappa shape index (κ1) is 20.1. The van der Waals surface area contributed by atoms with E-state index in [1.54, 1.807) is 0 Å². The Morgan fingerprint density at radius 2 is 1.84 bits per heavy atom. The van der Waals surface area contributed by atoms with E-state index in [-0.39, 0.29) is 11.0 Å². The van der Waals surface area contributed by atoms with Crippen LogP contribution in [0.25, 0.3) is 0 Å². The van der Waals surface area contributed by atoms with Crippen molar-refractivity contribution in [2.75, 3.05) is 5.75 Å². The van der Waals surface area contributed by atoms with Crippen LogP contribution in [0.1, 0.15) is 38.5 Å². The van der Waals surface area contributed by atoms with Gasteiger partial charge in [0.15, 0.2) is 0 Å². The number of nitriles is 1. The highest BCUT2D eigenvalue weighted by atomic mass is 32.2. The minimum Gasteiger partial charge on any atom is -0.197 e. The van der Waals surface area contributed by atoms with Crippen molar-refractivity contribution in [1.29, 1.82) is 5.26 Å². The second-order valence-electron chi connectivity index (χ2n) is 3.66. The molecule has 1 atom stereocenters. The Morgan fingerprint density at radius 3 is 2.32 bits per heavy atom. The maximum atomic E-state index is 11.9. The molecule has 0 saturated heterocycles. The van der Waals surface area contributed by atoms with Crippen molar-refractivity contribution in [3.05, 3.63) is 9.93 Å². The van der Waals surface area contributed by atoms with Gasteiger partial charge in [0.2, 0.25) is 0 Å². The Kier molecular flexibility index (Phi) is 14.0. The largest absolute Gasteiger partial charge is 0.389 e. The summed E-state index contributed by atoms with van der Waals surface area (Å²) in [4.78, 5) is 14.0. The number of alkyl halides is 3.